The summed E-state index contributed by atoms with van der Waals surface area (Å²) in [6, 6.07) is 0.875. The molecule has 1 aromatic rings. The number of hydrogen-bond acceptors (Lipinski definition) is 4. The van der Waals surface area contributed by atoms with Crippen molar-refractivity contribution in [1.82, 2.24) is 0 Å². The van der Waals surface area contributed by atoms with Crippen LogP contribution in [0.5, 0.6) is 5.75 Å². The molecule has 1 rings (SSSR count). The van der Waals surface area contributed by atoms with Gasteiger partial charge in [0.25, 0.3) is 0 Å². The Hall–Kier alpha value is -1.23. The maximum absolute atomic E-state index is 13.9. The zero-order valence-electron chi connectivity index (χ0n) is 11.1. The van der Waals surface area contributed by atoms with Gasteiger partial charge in [0, 0.05) is 13.2 Å². The van der Waals surface area contributed by atoms with E-state index in [0.29, 0.717) is 12.1 Å². The third-order valence-electron chi connectivity index (χ3n) is 2.29. The molecule has 0 aliphatic heterocycles. The fourth-order valence-corrected chi connectivity index (χ4v) is 2.83. The quantitative estimate of drug-likeness (QED) is 0.474. The van der Waals surface area contributed by atoms with Crippen molar-refractivity contribution in [3.05, 3.63) is 29.6 Å². The van der Waals surface area contributed by atoms with Gasteiger partial charge >= 0.3 is 14.5 Å². The van der Waals surface area contributed by atoms with Gasteiger partial charge in [0.15, 0.2) is 17.4 Å². The number of hydrogen-bond donors (Lipinski definition) is 1. The second-order valence-electron chi connectivity index (χ2n) is 3.74. The van der Waals surface area contributed by atoms with E-state index in [0.717, 1.165) is 0 Å². The first-order valence-corrected chi connectivity index (χ1v) is 7.65. The van der Waals surface area contributed by atoms with Gasteiger partial charge < -0.3 is 18.4 Å². The van der Waals surface area contributed by atoms with E-state index in [-0.39, 0.29) is 13.2 Å². The van der Waals surface area contributed by atoms with Crippen LogP contribution in [0.25, 0.3) is 0 Å². The molecule has 0 amide bonds. The van der Waals surface area contributed by atoms with Crippen LogP contribution >= 0.6 is 0 Å². The van der Waals surface area contributed by atoms with Gasteiger partial charge in [-0.3, -0.25) is 0 Å². The predicted octanol–water partition coefficient (Wildman–Crippen LogP) is 2.62. The van der Waals surface area contributed by atoms with Gasteiger partial charge in [-0.2, -0.15) is 13.2 Å². The Balaban J connectivity index is 3.11. The molecule has 0 aliphatic rings. The maximum Gasteiger partial charge on any atom is 0.625 e. The molecule has 0 heterocycles. The lowest BCUT2D eigenvalue weighted by Gasteiger charge is -2.29. The van der Waals surface area contributed by atoms with Crippen molar-refractivity contribution in [1.29, 1.82) is 0 Å². The van der Waals surface area contributed by atoms with Crippen molar-refractivity contribution in [3.63, 3.8) is 0 Å². The summed E-state index contributed by atoms with van der Waals surface area (Å²) in [4.78, 5) is 9.74. The van der Waals surface area contributed by atoms with Crippen LogP contribution in [0.2, 0.25) is 0 Å². The summed E-state index contributed by atoms with van der Waals surface area (Å²) in [5.74, 6) is -6.75. The zero-order chi connectivity index (χ0) is 16.3. The highest BCUT2D eigenvalue weighted by atomic mass is 28.4. The highest BCUT2D eigenvalue weighted by Gasteiger charge is 2.66. The zero-order valence-corrected chi connectivity index (χ0v) is 12.1. The van der Waals surface area contributed by atoms with Crippen LogP contribution in [0.15, 0.2) is 12.1 Å². The number of rotatable bonds is 7. The monoisotopic (exact) mass is 332 g/mol. The molecule has 0 aromatic heterocycles. The molecule has 0 aliphatic carbocycles. The van der Waals surface area contributed by atoms with Crippen molar-refractivity contribution in [3.8, 4) is 5.75 Å². The van der Waals surface area contributed by atoms with E-state index in [2.05, 4.69) is 13.6 Å². The van der Waals surface area contributed by atoms with Crippen LogP contribution in [-0.2, 0) is 8.85 Å². The van der Waals surface area contributed by atoms with Gasteiger partial charge in [0.2, 0.25) is 5.82 Å². The SMILES string of the molecule is CCO[Si](O)(OCC)C(F)(F)Oc1ccc(F)c(F)c1F. The normalized spacial score (nSPS) is 12.6. The summed E-state index contributed by atoms with van der Waals surface area (Å²) >= 11 is 0. The first kappa shape index (κ1) is 17.8. The average Bonchev–Trinajstić information content (AvgIpc) is 2.40. The number of halogens is 5. The van der Waals surface area contributed by atoms with Crippen LogP contribution in [0.4, 0.5) is 22.0 Å². The molecule has 0 fully saturated rings. The first-order chi connectivity index (χ1) is 9.68. The van der Waals surface area contributed by atoms with Crippen molar-refractivity contribution in [2.45, 2.75) is 19.6 Å². The lowest BCUT2D eigenvalue weighted by molar-refractivity contribution is -0.165. The second kappa shape index (κ2) is 6.69. The van der Waals surface area contributed by atoms with Crippen LogP contribution in [0.1, 0.15) is 13.8 Å². The van der Waals surface area contributed by atoms with Crippen molar-refractivity contribution >= 4 is 8.80 Å². The molecule has 0 atom stereocenters. The molecule has 0 bridgehead atoms. The Morgan fingerprint density at radius 3 is 2.05 bits per heavy atom. The van der Waals surface area contributed by atoms with Crippen LogP contribution in [-0.4, -0.2) is 32.5 Å². The Morgan fingerprint density at radius 2 is 1.57 bits per heavy atom. The topological polar surface area (TPSA) is 47.9 Å². The fraction of sp³-hybridized carbons (Fsp3) is 0.455. The third-order valence-corrected chi connectivity index (χ3v) is 4.48. The molecule has 0 saturated carbocycles. The Morgan fingerprint density at radius 1 is 1.05 bits per heavy atom. The van der Waals surface area contributed by atoms with E-state index >= 15 is 0 Å². The molecule has 1 N–H and O–H groups in total. The van der Waals surface area contributed by atoms with E-state index in [1.165, 1.54) is 13.8 Å². The molecule has 1 aromatic carbocycles. The van der Waals surface area contributed by atoms with Gasteiger partial charge in [-0.15, -0.1) is 0 Å². The Bertz CT molecular complexity index is 494. The average molecular weight is 332 g/mol. The van der Waals surface area contributed by atoms with E-state index in [1.807, 2.05) is 0 Å². The van der Waals surface area contributed by atoms with Crippen molar-refractivity contribution in [2.24, 2.45) is 0 Å². The highest BCUT2D eigenvalue weighted by molar-refractivity contribution is 6.61. The number of alkyl halides is 2. The molecule has 0 radical (unpaired) electrons. The van der Waals surface area contributed by atoms with E-state index in [4.69, 9.17) is 0 Å². The maximum atomic E-state index is 13.9. The molecule has 10 heteroatoms. The largest absolute Gasteiger partial charge is 0.625 e. The minimum absolute atomic E-state index is 0.318. The summed E-state index contributed by atoms with van der Waals surface area (Å²) in [6.07, 6.45) is 0. The van der Waals surface area contributed by atoms with Crippen molar-refractivity contribution < 1.29 is 40.3 Å². The predicted molar refractivity (Wildman–Crippen MR) is 63.1 cm³/mol. The third kappa shape index (κ3) is 3.70. The lowest BCUT2D eigenvalue weighted by atomic mass is 10.3. The number of benzene rings is 1. The number of ether oxygens (including phenoxy) is 1. The molecular formula is C11H13F5O4Si. The molecule has 0 saturated heterocycles. The van der Waals surface area contributed by atoms with Gasteiger partial charge in [0.05, 0.1) is 0 Å². The summed E-state index contributed by atoms with van der Waals surface area (Å²) in [5, 5.41) is 0. The van der Waals surface area contributed by atoms with Gasteiger partial charge in [0.1, 0.15) is 0 Å². The van der Waals surface area contributed by atoms with E-state index in [1.54, 1.807) is 0 Å². The smallest absolute Gasteiger partial charge is 0.427 e. The Labute approximate surface area is 118 Å². The van der Waals surface area contributed by atoms with Crippen LogP contribution in [0.3, 0.4) is 0 Å². The summed E-state index contributed by atoms with van der Waals surface area (Å²) in [7, 11) is -5.15. The minimum Gasteiger partial charge on any atom is -0.427 e. The molecule has 0 spiro atoms. The highest BCUT2D eigenvalue weighted by Crippen LogP contribution is 2.33. The standard InChI is InChI=1S/C11H13F5O4Si/c1-3-18-21(17,19-4-2)11(15,16)20-8-6-5-7(12)9(13)10(8)14/h5-6,17H,3-4H2,1-2H3. The minimum atomic E-state index is -5.15. The molecule has 0 unspecified atom stereocenters. The fourth-order valence-electron chi connectivity index (χ4n) is 1.39. The van der Waals surface area contributed by atoms with Gasteiger partial charge in [-0.05, 0) is 26.0 Å². The summed E-state index contributed by atoms with van der Waals surface area (Å²) in [6.45, 7) is 2.01. The van der Waals surface area contributed by atoms with E-state index in [9.17, 15) is 26.7 Å². The van der Waals surface area contributed by atoms with Gasteiger partial charge in [-0.1, -0.05) is 0 Å². The summed E-state index contributed by atoms with van der Waals surface area (Å²) < 4.78 is 79.8. The molecular weight excluding hydrogens is 319 g/mol. The van der Waals surface area contributed by atoms with Gasteiger partial charge in [-0.25, -0.2) is 8.78 Å². The lowest BCUT2D eigenvalue weighted by Crippen LogP contribution is -2.61. The van der Waals surface area contributed by atoms with Crippen LogP contribution < -0.4 is 4.74 Å². The summed E-state index contributed by atoms with van der Waals surface area (Å²) in [5.41, 5.74) is -4.44. The van der Waals surface area contributed by atoms with Crippen LogP contribution in [0, 0.1) is 17.5 Å². The van der Waals surface area contributed by atoms with E-state index < -0.39 is 37.7 Å². The molecule has 21 heavy (non-hydrogen) atoms. The Kier molecular flexibility index (Phi) is 5.67. The second-order valence-corrected chi connectivity index (χ2v) is 6.06. The van der Waals surface area contributed by atoms with Crippen molar-refractivity contribution in [2.75, 3.05) is 13.2 Å². The molecule has 120 valence electrons. The first-order valence-electron chi connectivity index (χ1n) is 5.89. The molecule has 4 nitrogen and oxygen atoms in total.